The number of hydrogen-bond donors (Lipinski definition) is 0. The highest BCUT2D eigenvalue weighted by atomic mass is 19.1. The van der Waals surface area contributed by atoms with Gasteiger partial charge in [0, 0.05) is 0 Å². The molecule has 0 bridgehead atoms. The third kappa shape index (κ3) is 3.96. The molecule has 0 radical (unpaired) electrons. The zero-order valence-corrected chi connectivity index (χ0v) is 10.9. The molecule has 0 saturated heterocycles. The fourth-order valence-electron chi connectivity index (χ4n) is 2.00. The van der Waals surface area contributed by atoms with Crippen molar-refractivity contribution in [2.45, 2.75) is 52.4 Å². The van der Waals surface area contributed by atoms with E-state index in [1.54, 1.807) is 12.1 Å². The summed E-state index contributed by atoms with van der Waals surface area (Å²) in [6.07, 6.45) is 3.67. The van der Waals surface area contributed by atoms with Gasteiger partial charge in [-0.25, -0.2) is 4.39 Å². The van der Waals surface area contributed by atoms with Crippen LogP contribution in [0.4, 0.5) is 4.39 Å². The predicted octanol–water partition coefficient (Wildman–Crippen LogP) is 4.93. The van der Waals surface area contributed by atoms with Crippen molar-refractivity contribution < 1.29 is 4.39 Å². The van der Waals surface area contributed by atoms with Gasteiger partial charge >= 0.3 is 0 Å². The van der Waals surface area contributed by atoms with Crippen LogP contribution in [0.1, 0.15) is 52.5 Å². The van der Waals surface area contributed by atoms with E-state index in [4.69, 9.17) is 0 Å². The van der Waals surface area contributed by atoms with E-state index in [0.717, 1.165) is 12.3 Å². The van der Waals surface area contributed by atoms with E-state index in [2.05, 4.69) is 27.7 Å². The highest BCUT2D eigenvalue weighted by Crippen LogP contribution is 2.29. The maximum Gasteiger partial charge on any atom is 0.123 e. The summed E-state index contributed by atoms with van der Waals surface area (Å²) in [4.78, 5) is 0. The van der Waals surface area contributed by atoms with Crippen LogP contribution in [0, 0.1) is 11.7 Å². The molecule has 0 fully saturated rings. The Hall–Kier alpha value is -0.850. The van der Waals surface area contributed by atoms with Crippen molar-refractivity contribution in [3.63, 3.8) is 0 Å². The van der Waals surface area contributed by atoms with Crippen LogP contribution in [0.25, 0.3) is 0 Å². The summed E-state index contributed by atoms with van der Waals surface area (Å²) in [5.41, 5.74) is 1.39. The molecule has 1 rings (SSSR count). The van der Waals surface area contributed by atoms with Crippen LogP contribution < -0.4 is 0 Å². The first-order valence-electron chi connectivity index (χ1n) is 6.18. The van der Waals surface area contributed by atoms with Crippen LogP contribution in [-0.2, 0) is 5.41 Å². The molecule has 16 heavy (non-hydrogen) atoms. The van der Waals surface area contributed by atoms with Crippen LogP contribution >= 0.6 is 0 Å². The summed E-state index contributed by atoms with van der Waals surface area (Å²) in [6, 6.07) is 6.93. The molecule has 0 heterocycles. The Bertz CT molecular complexity index is 309. The second-order valence-electron chi connectivity index (χ2n) is 5.68. The minimum atomic E-state index is -0.151. The van der Waals surface area contributed by atoms with Gasteiger partial charge in [0.2, 0.25) is 0 Å². The van der Waals surface area contributed by atoms with Crippen LogP contribution in [0.2, 0.25) is 0 Å². The van der Waals surface area contributed by atoms with Crippen molar-refractivity contribution in [1.29, 1.82) is 0 Å². The molecule has 0 aliphatic rings. The molecule has 1 aromatic rings. The van der Waals surface area contributed by atoms with E-state index in [1.165, 1.54) is 18.4 Å². The van der Waals surface area contributed by atoms with Crippen molar-refractivity contribution in [2.75, 3.05) is 0 Å². The number of halogens is 1. The molecule has 0 amide bonds. The molecular formula is C15H23F. The molecule has 0 atom stereocenters. The minimum absolute atomic E-state index is 0.151. The van der Waals surface area contributed by atoms with Crippen molar-refractivity contribution >= 4 is 0 Å². The first kappa shape index (κ1) is 13.2. The summed E-state index contributed by atoms with van der Waals surface area (Å²) < 4.78 is 12.8. The highest BCUT2D eigenvalue weighted by Gasteiger charge is 2.19. The van der Waals surface area contributed by atoms with E-state index in [1.807, 2.05) is 12.1 Å². The smallest absolute Gasteiger partial charge is 0.123 e. The molecule has 0 aliphatic carbocycles. The topological polar surface area (TPSA) is 0 Å². The lowest BCUT2D eigenvalue weighted by Crippen LogP contribution is -2.17. The zero-order valence-electron chi connectivity index (χ0n) is 10.9. The monoisotopic (exact) mass is 222 g/mol. The molecule has 1 aromatic carbocycles. The van der Waals surface area contributed by atoms with Gasteiger partial charge in [-0.3, -0.25) is 0 Å². The molecule has 0 saturated carbocycles. The first-order chi connectivity index (χ1) is 7.42. The maximum absolute atomic E-state index is 12.8. The highest BCUT2D eigenvalue weighted by molar-refractivity contribution is 5.23. The molecule has 0 nitrogen and oxygen atoms in total. The van der Waals surface area contributed by atoms with Gasteiger partial charge in [-0.05, 0) is 35.4 Å². The van der Waals surface area contributed by atoms with Gasteiger partial charge in [0.15, 0.2) is 0 Å². The lowest BCUT2D eigenvalue weighted by Gasteiger charge is -2.25. The second-order valence-corrected chi connectivity index (χ2v) is 5.68. The van der Waals surface area contributed by atoms with Gasteiger partial charge in [-0.2, -0.15) is 0 Å². The van der Waals surface area contributed by atoms with E-state index in [9.17, 15) is 4.39 Å². The quantitative estimate of drug-likeness (QED) is 0.662. The average molecular weight is 222 g/mol. The van der Waals surface area contributed by atoms with Crippen LogP contribution in [-0.4, -0.2) is 0 Å². The molecule has 0 aromatic heterocycles. The predicted molar refractivity (Wildman–Crippen MR) is 68.1 cm³/mol. The summed E-state index contributed by atoms with van der Waals surface area (Å²) in [7, 11) is 0. The van der Waals surface area contributed by atoms with Gasteiger partial charge in [0.25, 0.3) is 0 Å². The summed E-state index contributed by atoms with van der Waals surface area (Å²) in [5, 5.41) is 0. The molecular weight excluding hydrogens is 199 g/mol. The Labute approximate surface area is 98.9 Å². The maximum atomic E-state index is 12.8. The fourth-order valence-corrected chi connectivity index (χ4v) is 2.00. The van der Waals surface area contributed by atoms with Gasteiger partial charge < -0.3 is 0 Å². The average Bonchev–Trinajstić information content (AvgIpc) is 2.17. The lowest BCUT2D eigenvalue weighted by molar-refractivity contribution is 0.423. The Morgan fingerprint density at radius 3 is 2.19 bits per heavy atom. The van der Waals surface area contributed by atoms with Gasteiger partial charge in [-0.15, -0.1) is 0 Å². The molecule has 1 heteroatoms. The standard InChI is InChI=1S/C15H23F/c1-12(2)6-5-11-15(3,4)13-7-9-14(16)10-8-13/h7-10,12H,5-6,11H2,1-4H3. The zero-order chi connectivity index (χ0) is 12.2. The van der Waals surface area contributed by atoms with Crippen molar-refractivity contribution in [3.05, 3.63) is 35.6 Å². The lowest BCUT2D eigenvalue weighted by atomic mass is 9.79. The van der Waals surface area contributed by atoms with E-state index >= 15 is 0 Å². The first-order valence-corrected chi connectivity index (χ1v) is 6.18. The third-order valence-electron chi connectivity index (χ3n) is 3.21. The van der Waals surface area contributed by atoms with Gasteiger partial charge in [0.05, 0.1) is 0 Å². The third-order valence-corrected chi connectivity index (χ3v) is 3.21. The SMILES string of the molecule is CC(C)CCCC(C)(C)c1ccc(F)cc1. The van der Waals surface area contributed by atoms with Crippen LogP contribution in [0.3, 0.4) is 0 Å². The molecule has 0 N–H and O–H groups in total. The Morgan fingerprint density at radius 1 is 1.12 bits per heavy atom. The summed E-state index contributed by atoms with van der Waals surface area (Å²) in [5.74, 6) is 0.616. The summed E-state index contributed by atoms with van der Waals surface area (Å²) in [6.45, 7) is 8.98. The Kier molecular flexibility index (Phi) is 4.52. The van der Waals surface area contributed by atoms with Crippen LogP contribution in [0.5, 0.6) is 0 Å². The van der Waals surface area contributed by atoms with Crippen molar-refractivity contribution in [3.8, 4) is 0 Å². The Morgan fingerprint density at radius 2 is 1.69 bits per heavy atom. The second kappa shape index (κ2) is 5.47. The molecule has 0 aliphatic heterocycles. The number of hydrogen-bond acceptors (Lipinski definition) is 0. The van der Waals surface area contributed by atoms with E-state index < -0.39 is 0 Å². The van der Waals surface area contributed by atoms with E-state index in [-0.39, 0.29) is 11.2 Å². The number of benzene rings is 1. The van der Waals surface area contributed by atoms with E-state index in [0.29, 0.717) is 0 Å². The largest absolute Gasteiger partial charge is 0.207 e. The van der Waals surface area contributed by atoms with Gasteiger partial charge in [-0.1, -0.05) is 52.7 Å². The van der Waals surface area contributed by atoms with Crippen molar-refractivity contribution in [1.82, 2.24) is 0 Å². The number of rotatable bonds is 5. The van der Waals surface area contributed by atoms with Crippen molar-refractivity contribution in [2.24, 2.45) is 5.92 Å². The fraction of sp³-hybridized carbons (Fsp3) is 0.600. The van der Waals surface area contributed by atoms with Crippen LogP contribution in [0.15, 0.2) is 24.3 Å². The molecule has 0 unspecified atom stereocenters. The molecule has 0 spiro atoms. The normalized spacial score (nSPS) is 12.1. The Balaban J connectivity index is 2.59. The minimum Gasteiger partial charge on any atom is -0.207 e. The van der Waals surface area contributed by atoms with Gasteiger partial charge in [0.1, 0.15) is 5.82 Å². The summed E-state index contributed by atoms with van der Waals surface area (Å²) >= 11 is 0. The molecule has 90 valence electrons.